The lowest BCUT2D eigenvalue weighted by Gasteiger charge is -2.45. The molecule has 0 saturated carbocycles. The summed E-state index contributed by atoms with van der Waals surface area (Å²) < 4.78 is 0.485. The number of quaternary nitrogens is 1. The fourth-order valence-corrected chi connectivity index (χ4v) is 5.18. The Morgan fingerprint density at radius 3 is 2.29 bits per heavy atom. The first-order chi connectivity index (χ1) is 15.0. The predicted molar refractivity (Wildman–Crippen MR) is 117 cm³/mol. The monoisotopic (exact) mass is 412 g/mol. The van der Waals surface area contributed by atoms with Crippen LogP contribution in [-0.2, 0) is 4.79 Å². The van der Waals surface area contributed by atoms with Crippen LogP contribution < -0.4 is 5.73 Å². The highest BCUT2D eigenvalue weighted by molar-refractivity contribution is 5.79. The topological polar surface area (TPSA) is 92.7 Å². The molecule has 156 valence electrons. The number of pyridine rings is 2. The molecule has 3 heterocycles. The number of hydrogen-bond acceptors (Lipinski definition) is 4. The summed E-state index contributed by atoms with van der Waals surface area (Å²) in [5.74, 6) is -0.390. The number of nitrogens with zero attached hydrogens (tertiary/aromatic N) is 4. The Morgan fingerprint density at radius 1 is 1.10 bits per heavy atom. The third-order valence-electron chi connectivity index (χ3n) is 6.55. The van der Waals surface area contributed by atoms with Gasteiger partial charge in [0, 0.05) is 43.2 Å². The lowest BCUT2D eigenvalue weighted by atomic mass is 9.80. The van der Waals surface area contributed by atoms with Crippen LogP contribution in [0.5, 0.6) is 0 Å². The van der Waals surface area contributed by atoms with E-state index in [-0.39, 0.29) is 23.9 Å². The van der Waals surface area contributed by atoms with Crippen molar-refractivity contribution in [3.8, 4) is 6.07 Å². The molecule has 1 fully saturated rings. The number of benzene rings is 1. The summed E-state index contributed by atoms with van der Waals surface area (Å²) >= 11 is 0. The molecule has 1 aliphatic heterocycles. The normalized spacial score (nSPS) is 21.5. The molecule has 2 aromatic heterocycles. The van der Waals surface area contributed by atoms with E-state index in [4.69, 9.17) is 5.73 Å². The molecule has 0 radical (unpaired) electrons. The summed E-state index contributed by atoms with van der Waals surface area (Å²) in [5, 5.41) is 9.54. The maximum Gasteiger partial charge on any atom is 0.275 e. The molecule has 3 atom stereocenters. The van der Waals surface area contributed by atoms with Crippen LogP contribution in [0.2, 0.25) is 0 Å². The largest absolute Gasteiger partial charge is 0.365 e. The predicted octanol–water partition coefficient (Wildman–Crippen LogP) is 3.32. The maximum atomic E-state index is 12.5. The van der Waals surface area contributed by atoms with Crippen LogP contribution in [-0.4, -0.2) is 40.0 Å². The van der Waals surface area contributed by atoms with Gasteiger partial charge in [-0.25, -0.2) is 0 Å². The highest BCUT2D eigenvalue weighted by atomic mass is 16.1. The Hall–Kier alpha value is -3.56. The molecule has 31 heavy (non-hydrogen) atoms. The van der Waals surface area contributed by atoms with Gasteiger partial charge in [-0.15, -0.1) is 0 Å². The summed E-state index contributed by atoms with van der Waals surface area (Å²) in [4.78, 5) is 21.2. The minimum atomic E-state index is -0.299. The van der Waals surface area contributed by atoms with Crippen LogP contribution in [0, 0.1) is 11.3 Å². The molecule has 1 aromatic carbocycles. The van der Waals surface area contributed by atoms with Gasteiger partial charge in [-0.2, -0.15) is 5.26 Å². The van der Waals surface area contributed by atoms with Crippen molar-refractivity contribution in [1.82, 2.24) is 9.97 Å². The lowest BCUT2D eigenvalue weighted by Crippen LogP contribution is -2.57. The Labute approximate surface area is 182 Å². The molecular weight excluding hydrogens is 386 g/mol. The van der Waals surface area contributed by atoms with E-state index in [2.05, 4.69) is 35.2 Å². The van der Waals surface area contributed by atoms with E-state index in [1.807, 2.05) is 42.7 Å². The number of nitrogens with two attached hydrogens (primary N) is 1. The van der Waals surface area contributed by atoms with E-state index in [9.17, 15) is 10.1 Å². The molecule has 6 heteroatoms. The van der Waals surface area contributed by atoms with E-state index in [1.54, 1.807) is 18.5 Å². The SMILES string of the molecule is C[N+]1(C(c2cccc(C#N)c2)C(c2cccnc2)c2cccnc2)CCC[C@H]1C(N)=O. The van der Waals surface area contributed by atoms with E-state index < -0.39 is 0 Å². The van der Waals surface area contributed by atoms with Crippen molar-refractivity contribution in [2.45, 2.75) is 30.8 Å². The molecule has 2 N–H and O–H groups in total. The lowest BCUT2D eigenvalue weighted by molar-refractivity contribution is -0.943. The molecule has 1 saturated heterocycles. The van der Waals surface area contributed by atoms with Gasteiger partial charge in [0.25, 0.3) is 5.91 Å². The Morgan fingerprint density at radius 2 is 1.74 bits per heavy atom. The number of primary amides is 1. The molecule has 0 aliphatic carbocycles. The van der Waals surface area contributed by atoms with Crippen LogP contribution in [0.3, 0.4) is 0 Å². The second-order valence-electron chi connectivity index (χ2n) is 8.36. The molecule has 4 rings (SSSR count). The summed E-state index contributed by atoms with van der Waals surface area (Å²) in [6, 6.07) is 17.5. The number of likely N-dealkylation sites (N-methyl/N-ethyl adjacent to an activating group) is 1. The zero-order valence-corrected chi connectivity index (χ0v) is 17.6. The molecule has 1 aliphatic rings. The first-order valence-corrected chi connectivity index (χ1v) is 10.5. The highest BCUT2D eigenvalue weighted by Gasteiger charge is 2.51. The second kappa shape index (κ2) is 8.66. The minimum absolute atomic E-state index is 0.110. The van der Waals surface area contributed by atoms with Crippen molar-refractivity contribution in [2.75, 3.05) is 13.6 Å². The van der Waals surface area contributed by atoms with Gasteiger partial charge in [0.15, 0.2) is 6.04 Å². The van der Waals surface area contributed by atoms with Crippen LogP contribution in [0.25, 0.3) is 0 Å². The number of amides is 1. The smallest absolute Gasteiger partial charge is 0.275 e. The summed E-state index contributed by atoms with van der Waals surface area (Å²) in [7, 11) is 2.12. The van der Waals surface area contributed by atoms with Crippen LogP contribution in [0.1, 0.15) is 47.1 Å². The number of aromatic nitrogens is 2. The molecule has 0 spiro atoms. The number of carbonyl (C=O) groups excluding carboxylic acids is 1. The molecule has 3 aromatic rings. The quantitative estimate of drug-likeness (QED) is 0.629. The van der Waals surface area contributed by atoms with Crippen molar-refractivity contribution < 1.29 is 9.28 Å². The molecule has 1 amide bonds. The highest BCUT2D eigenvalue weighted by Crippen LogP contribution is 2.47. The van der Waals surface area contributed by atoms with E-state index in [1.165, 1.54) is 0 Å². The Kier molecular flexibility index (Phi) is 5.79. The van der Waals surface area contributed by atoms with Gasteiger partial charge in [0.1, 0.15) is 6.04 Å². The van der Waals surface area contributed by atoms with Crippen molar-refractivity contribution in [3.63, 3.8) is 0 Å². The first-order valence-electron chi connectivity index (χ1n) is 10.5. The van der Waals surface area contributed by atoms with Crippen LogP contribution >= 0.6 is 0 Å². The van der Waals surface area contributed by atoms with Crippen molar-refractivity contribution in [3.05, 3.63) is 95.6 Å². The Bertz CT molecular complexity index is 1060. The van der Waals surface area contributed by atoms with E-state index in [0.29, 0.717) is 10.0 Å². The van der Waals surface area contributed by atoms with Gasteiger partial charge in [-0.05, 0) is 35.4 Å². The number of hydrogen-bond donors (Lipinski definition) is 1. The van der Waals surface area contributed by atoms with Gasteiger partial charge >= 0.3 is 0 Å². The molecular formula is C25H26N5O+. The fraction of sp³-hybridized carbons (Fsp3) is 0.280. The number of carbonyl (C=O) groups is 1. The van der Waals surface area contributed by atoms with Crippen molar-refractivity contribution in [1.29, 1.82) is 5.26 Å². The number of likely N-dealkylation sites (tertiary alicyclic amines) is 1. The van der Waals surface area contributed by atoms with Gasteiger partial charge in [-0.1, -0.05) is 24.3 Å². The average Bonchev–Trinajstić information content (AvgIpc) is 3.21. The third-order valence-corrected chi connectivity index (χ3v) is 6.55. The summed E-state index contributed by atoms with van der Waals surface area (Å²) in [5.41, 5.74) is 9.57. The van der Waals surface area contributed by atoms with Gasteiger partial charge in [0.2, 0.25) is 0 Å². The Balaban J connectivity index is 1.98. The second-order valence-corrected chi connectivity index (χ2v) is 8.36. The first kappa shape index (κ1) is 20.7. The molecule has 2 unspecified atom stereocenters. The summed E-state index contributed by atoms with van der Waals surface area (Å²) in [6.45, 7) is 0.825. The third kappa shape index (κ3) is 3.92. The average molecular weight is 413 g/mol. The van der Waals surface area contributed by atoms with E-state index >= 15 is 0 Å². The zero-order valence-electron chi connectivity index (χ0n) is 17.6. The zero-order chi connectivity index (χ0) is 21.8. The fourth-order valence-electron chi connectivity index (χ4n) is 5.18. The van der Waals surface area contributed by atoms with Gasteiger partial charge in [0.05, 0.1) is 31.1 Å². The standard InChI is InChI=1S/C25H25N5O/c1-30(13-5-10-22(30)25(27)31)24(19-7-2-6-18(14-19)15-26)23(20-8-3-11-28-16-20)21-9-4-12-29-17-21/h2-4,6-9,11-12,14,16-17,22-24H,5,10,13H2,1H3,(H-,27,31)/p+1/t22-,24?,30?/m0/s1. The maximum absolute atomic E-state index is 12.5. The summed E-state index contributed by atoms with van der Waals surface area (Å²) in [6.07, 6.45) is 8.94. The minimum Gasteiger partial charge on any atom is -0.365 e. The molecule has 6 nitrogen and oxygen atoms in total. The van der Waals surface area contributed by atoms with Crippen LogP contribution in [0.4, 0.5) is 0 Å². The number of rotatable bonds is 6. The van der Waals surface area contributed by atoms with Crippen molar-refractivity contribution >= 4 is 5.91 Å². The van der Waals surface area contributed by atoms with Gasteiger partial charge < -0.3 is 10.2 Å². The van der Waals surface area contributed by atoms with Crippen LogP contribution in [0.15, 0.2) is 73.3 Å². The van der Waals surface area contributed by atoms with Crippen molar-refractivity contribution in [2.24, 2.45) is 5.73 Å². The molecule has 0 bridgehead atoms. The van der Waals surface area contributed by atoms with Gasteiger partial charge in [-0.3, -0.25) is 14.8 Å². The van der Waals surface area contributed by atoms with E-state index in [0.717, 1.165) is 36.1 Å². The number of nitriles is 1.